The fraction of sp³-hybridized carbons (Fsp3) is 1.00. The van der Waals surface area contributed by atoms with Crippen molar-refractivity contribution in [2.45, 2.75) is 73.6 Å². The lowest BCUT2D eigenvalue weighted by Crippen LogP contribution is -2.26. The number of rotatable bonds is 4. The Bertz CT molecular complexity index is 199. The summed E-state index contributed by atoms with van der Waals surface area (Å²) in [5.41, 5.74) is 0.497. The molecular weight excluding hydrogens is 192 g/mol. The van der Waals surface area contributed by atoms with E-state index in [9.17, 15) is 0 Å². The van der Waals surface area contributed by atoms with E-state index >= 15 is 0 Å². The molecule has 0 bridgehead atoms. The van der Waals surface area contributed by atoms with Crippen molar-refractivity contribution in [2.24, 2.45) is 29.1 Å². The molecule has 0 heteroatoms. The largest absolute Gasteiger partial charge is 0.0651 e. The first kappa shape index (κ1) is 14.1. The molecule has 1 fully saturated rings. The van der Waals surface area contributed by atoms with Crippen molar-refractivity contribution in [3.8, 4) is 0 Å². The molecule has 0 nitrogen and oxygen atoms in total. The van der Waals surface area contributed by atoms with Crippen LogP contribution in [0, 0.1) is 29.1 Å². The summed E-state index contributed by atoms with van der Waals surface area (Å²) < 4.78 is 0. The number of hydrogen-bond donors (Lipinski definition) is 0. The minimum atomic E-state index is 0.497. The second-order valence-electron chi connectivity index (χ2n) is 7.36. The molecule has 0 saturated heterocycles. The molecule has 1 saturated carbocycles. The third-order valence-electron chi connectivity index (χ3n) is 4.75. The van der Waals surface area contributed by atoms with Crippen LogP contribution in [-0.2, 0) is 0 Å². The Morgan fingerprint density at radius 3 is 2.19 bits per heavy atom. The van der Waals surface area contributed by atoms with Gasteiger partial charge in [0.25, 0.3) is 0 Å². The molecule has 0 heterocycles. The van der Waals surface area contributed by atoms with Gasteiger partial charge in [0.2, 0.25) is 0 Å². The average molecular weight is 224 g/mol. The maximum Gasteiger partial charge on any atom is -0.0360 e. The van der Waals surface area contributed by atoms with Crippen LogP contribution in [0.2, 0.25) is 0 Å². The van der Waals surface area contributed by atoms with Crippen LogP contribution in [0.5, 0.6) is 0 Å². The minimum Gasteiger partial charge on any atom is -0.0651 e. The van der Waals surface area contributed by atoms with Gasteiger partial charge in [0, 0.05) is 0 Å². The van der Waals surface area contributed by atoms with Gasteiger partial charge in [-0.25, -0.2) is 0 Å². The Morgan fingerprint density at radius 1 is 1.19 bits per heavy atom. The summed E-state index contributed by atoms with van der Waals surface area (Å²) in [5.74, 6) is 3.85. The van der Waals surface area contributed by atoms with E-state index in [1.54, 1.807) is 0 Å². The summed E-state index contributed by atoms with van der Waals surface area (Å²) in [7, 11) is 0. The molecule has 0 aromatic rings. The van der Waals surface area contributed by atoms with E-state index in [0.29, 0.717) is 5.41 Å². The molecule has 0 N–H and O–H groups in total. The minimum absolute atomic E-state index is 0.497. The lowest BCUT2D eigenvalue weighted by Gasteiger charge is -2.34. The fourth-order valence-electron chi connectivity index (χ4n) is 3.79. The van der Waals surface area contributed by atoms with Gasteiger partial charge in [0.15, 0.2) is 0 Å². The molecular formula is C16H32. The zero-order valence-electron chi connectivity index (χ0n) is 12.3. The predicted octanol–water partition coefficient (Wildman–Crippen LogP) is 5.52. The second kappa shape index (κ2) is 5.56. The van der Waals surface area contributed by atoms with Gasteiger partial charge in [-0.15, -0.1) is 0 Å². The van der Waals surface area contributed by atoms with Crippen molar-refractivity contribution in [1.29, 1.82) is 0 Å². The van der Waals surface area contributed by atoms with Crippen molar-refractivity contribution in [2.75, 3.05) is 0 Å². The van der Waals surface area contributed by atoms with Crippen molar-refractivity contribution in [3.63, 3.8) is 0 Å². The first-order valence-corrected chi connectivity index (χ1v) is 7.35. The molecule has 1 aliphatic carbocycles. The van der Waals surface area contributed by atoms with Crippen LogP contribution in [0.1, 0.15) is 73.6 Å². The van der Waals surface area contributed by atoms with Gasteiger partial charge in [0.05, 0.1) is 0 Å². The highest BCUT2D eigenvalue weighted by Gasteiger charge is 2.33. The Labute approximate surface area is 103 Å². The molecule has 96 valence electrons. The van der Waals surface area contributed by atoms with Crippen LogP contribution in [0.3, 0.4) is 0 Å². The summed E-state index contributed by atoms with van der Waals surface area (Å²) in [6.07, 6.45) is 7.20. The molecule has 4 atom stereocenters. The van der Waals surface area contributed by atoms with Crippen molar-refractivity contribution < 1.29 is 0 Å². The first-order valence-electron chi connectivity index (χ1n) is 7.35. The second-order valence-corrected chi connectivity index (χ2v) is 7.36. The van der Waals surface area contributed by atoms with Crippen LogP contribution >= 0.6 is 0 Å². The normalized spacial score (nSPS) is 30.4. The van der Waals surface area contributed by atoms with E-state index in [1.807, 2.05) is 0 Å². The zero-order chi connectivity index (χ0) is 12.3. The maximum absolute atomic E-state index is 2.52. The van der Waals surface area contributed by atoms with Gasteiger partial charge >= 0.3 is 0 Å². The Morgan fingerprint density at radius 2 is 1.81 bits per heavy atom. The van der Waals surface area contributed by atoms with E-state index in [1.165, 1.54) is 32.1 Å². The van der Waals surface area contributed by atoms with Gasteiger partial charge in [-0.05, 0) is 41.9 Å². The van der Waals surface area contributed by atoms with E-state index < -0.39 is 0 Å². The maximum atomic E-state index is 2.52. The molecule has 0 aliphatic heterocycles. The molecule has 4 unspecified atom stereocenters. The Hall–Kier alpha value is 0. The van der Waals surface area contributed by atoms with Crippen LogP contribution in [0.25, 0.3) is 0 Å². The summed E-state index contributed by atoms with van der Waals surface area (Å²) in [6, 6.07) is 0. The number of hydrogen-bond acceptors (Lipinski definition) is 0. The summed E-state index contributed by atoms with van der Waals surface area (Å²) >= 11 is 0. The highest BCUT2D eigenvalue weighted by Crippen LogP contribution is 2.43. The fourth-order valence-corrected chi connectivity index (χ4v) is 3.79. The highest BCUT2D eigenvalue weighted by atomic mass is 14.4. The quantitative estimate of drug-likeness (QED) is 0.589. The zero-order valence-corrected chi connectivity index (χ0v) is 12.3. The third kappa shape index (κ3) is 3.79. The van der Waals surface area contributed by atoms with Crippen LogP contribution < -0.4 is 0 Å². The lowest BCUT2D eigenvalue weighted by molar-refractivity contribution is 0.154. The molecule has 16 heavy (non-hydrogen) atoms. The van der Waals surface area contributed by atoms with Gasteiger partial charge in [-0.3, -0.25) is 0 Å². The average Bonchev–Trinajstić information content (AvgIpc) is 2.58. The van der Waals surface area contributed by atoms with Gasteiger partial charge < -0.3 is 0 Å². The van der Waals surface area contributed by atoms with E-state index in [-0.39, 0.29) is 0 Å². The molecule has 0 radical (unpaired) electrons. The van der Waals surface area contributed by atoms with Crippen molar-refractivity contribution in [1.82, 2.24) is 0 Å². The van der Waals surface area contributed by atoms with Gasteiger partial charge in [0.1, 0.15) is 0 Å². The van der Waals surface area contributed by atoms with Crippen molar-refractivity contribution in [3.05, 3.63) is 0 Å². The van der Waals surface area contributed by atoms with E-state index in [2.05, 4.69) is 41.5 Å². The summed E-state index contributed by atoms with van der Waals surface area (Å²) in [5, 5.41) is 0. The lowest BCUT2D eigenvalue weighted by atomic mass is 9.71. The van der Waals surface area contributed by atoms with Crippen molar-refractivity contribution >= 4 is 0 Å². The highest BCUT2D eigenvalue weighted by molar-refractivity contribution is 4.83. The first-order chi connectivity index (χ1) is 7.35. The van der Waals surface area contributed by atoms with Crippen LogP contribution in [0.15, 0.2) is 0 Å². The monoisotopic (exact) mass is 224 g/mol. The molecule has 1 rings (SSSR count). The van der Waals surface area contributed by atoms with E-state index in [0.717, 1.165) is 23.7 Å². The van der Waals surface area contributed by atoms with Gasteiger partial charge in [-0.1, -0.05) is 60.8 Å². The molecule has 0 spiro atoms. The molecule has 1 aliphatic rings. The molecule has 0 aromatic carbocycles. The third-order valence-corrected chi connectivity index (χ3v) is 4.75. The standard InChI is InChI=1S/C16H32/c1-7-14(11-16(4,5)6)13(3)15-10-8-9-12(15)2/h12-15H,7-11H2,1-6H3. The van der Waals surface area contributed by atoms with Crippen LogP contribution in [0.4, 0.5) is 0 Å². The summed E-state index contributed by atoms with van der Waals surface area (Å²) in [4.78, 5) is 0. The molecule has 0 aromatic heterocycles. The Kier molecular flexibility index (Phi) is 4.88. The topological polar surface area (TPSA) is 0 Å². The van der Waals surface area contributed by atoms with E-state index in [4.69, 9.17) is 0 Å². The van der Waals surface area contributed by atoms with Crippen LogP contribution in [-0.4, -0.2) is 0 Å². The Balaban J connectivity index is 2.58. The van der Waals surface area contributed by atoms with Gasteiger partial charge in [-0.2, -0.15) is 0 Å². The molecule has 0 amide bonds. The summed E-state index contributed by atoms with van der Waals surface area (Å²) in [6.45, 7) is 14.5. The smallest absolute Gasteiger partial charge is 0.0360 e. The SMILES string of the molecule is CCC(CC(C)(C)C)C(C)C1CCCC1C. The predicted molar refractivity (Wildman–Crippen MR) is 73.5 cm³/mol.